The largest absolute Gasteiger partial charge is 0.360 e. The predicted molar refractivity (Wildman–Crippen MR) is 68.4 cm³/mol. The number of likely N-dealkylation sites (tertiary alicyclic amines) is 1. The van der Waals surface area contributed by atoms with Crippen LogP contribution in [0.25, 0.3) is 11.0 Å². The Morgan fingerprint density at radius 3 is 2.82 bits per heavy atom. The third-order valence-corrected chi connectivity index (χ3v) is 3.75. The van der Waals surface area contributed by atoms with Gasteiger partial charge in [-0.2, -0.15) is 0 Å². The molecule has 17 heavy (non-hydrogen) atoms. The number of piperidine rings is 1. The zero-order valence-corrected chi connectivity index (χ0v) is 9.99. The fourth-order valence-corrected chi connectivity index (χ4v) is 2.65. The molecule has 1 aliphatic heterocycles. The van der Waals surface area contributed by atoms with E-state index in [0.29, 0.717) is 5.92 Å². The number of aromatic nitrogens is 2. The maximum absolute atomic E-state index is 12.0. The molecule has 0 amide bonds. The molecule has 4 heteroatoms. The molecule has 1 saturated heterocycles. The molecule has 90 valence electrons. The van der Waals surface area contributed by atoms with Crippen molar-refractivity contribution < 1.29 is 0 Å². The molecular weight excluding hydrogens is 214 g/mol. The van der Waals surface area contributed by atoms with Crippen molar-refractivity contribution in [3.05, 3.63) is 34.2 Å². The van der Waals surface area contributed by atoms with Gasteiger partial charge in [0.05, 0.1) is 11.0 Å². The van der Waals surface area contributed by atoms with Crippen LogP contribution in [0.15, 0.2) is 23.1 Å². The third kappa shape index (κ3) is 1.89. The van der Waals surface area contributed by atoms with Gasteiger partial charge < -0.3 is 14.9 Å². The molecule has 3 heterocycles. The average molecular weight is 231 g/mol. The highest BCUT2D eigenvalue weighted by Gasteiger charge is 2.21. The van der Waals surface area contributed by atoms with Crippen LogP contribution in [-0.4, -0.2) is 35.0 Å². The summed E-state index contributed by atoms with van der Waals surface area (Å²) < 4.78 is 0. The lowest BCUT2D eigenvalue weighted by atomic mass is 9.90. The van der Waals surface area contributed by atoms with E-state index in [9.17, 15) is 4.79 Å². The average Bonchev–Trinajstić information content (AvgIpc) is 2.76. The number of H-pyrrole nitrogens is 2. The first kappa shape index (κ1) is 10.6. The lowest BCUT2D eigenvalue weighted by Gasteiger charge is -2.28. The SMILES string of the molecule is CN1CCC(c2cc3[nH]ccc3[nH]c2=O)CC1. The Hall–Kier alpha value is -1.55. The van der Waals surface area contributed by atoms with Crippen molar-refractivity contribution in [3.8, 4) is 0 Å². The van der Waals surface area contributed by atoms with E-state index in [1.807, 2.05) is 18.3 Å². The first-order valence-electron chi connectivity index (χ1n) is 6.13. The van der Waals surface area contributed by atoms with Crippen LogP contribution in [0.3, 0.4) is 0 Å². The van der Waals surface area contributed by atoms with E-state index in [2.05, 4.69) is 21.9 Å². The fourth-order valence-electron chi connectivity index (χ4n) is 2.65. The molecule has 0 atom stereocenters. The van der Waals surface area contributed by atoms with Gasteiger partial charge in [-0.05, 0) is 51.0 Å². The predicted octanol–water partition coefficient (Wildman–Crippen LogP) is 1.67. The molecular formula is C13H17N3O. The molecule has 0 aliphatic carbocycles. The van der Waals surface area contributed by atoms with Crippen molar-refractivity contribution in [2.75, 3.05) is 20.1 Å². The smallest absolute Gasteiger partial charge is 0.252 e. The summed E-state index contributed by atoms with van der Waals surface area (Å²) in [6, 6.07) is 3.92. The first-order chi connectivity index (χ1) is 8.24. The monoisotopic (exact) mass is 231 g/mol. The van der Waals surface area contributed by atoms with Gasteiger partial charge in [0.25, 0.3) is 5.56 Å². The zero-order valence-electron chi connectivity index (χ0n) is 9.99. The molecule has 0 saturated carbocycles. The van der Waals surface area contributed by atoms with Crippen LogP contribution in [0.5, 0.6) is 0 Å². The van der Waals surface area contributed by atoms with E-state index in [4.69, 9.17) is 0 Å². The molecule has 2 aromatic rings. The fraction of sp³-hybridized carbons (Fsp3) is 0.462. The second kappa shape index (κ2) is 4.04. The summed E-state index contributed by atoms with van der Waals surface area (Å²) >= 11 is 0. The Bertz CT molecular complexity index is 576. The quantitative estimate of drug-likeness (QED) is 0.784. The van der Waals surface area contributed by atoms with Gasteiger partial charge in [-0.15, -0.1) is 0 Å². The van der Waals surface area contributed by atoms with Gasteiger partial charge in [0.15, 0.2) is 0 Å². The number of hydrogen-bond acceptors (Lipinski definition) is 2. The molecule has 1 aliphatic rings. The number of aromatic amines is 2. The van der Waals surface area contributed by atoms with Crippen LogP contribution in [0.2, 0.25) is 0 Å². The topological polar surface area (TPSA) is 51.9 Å². The van der Waals surface area contributed by atoms with E-state index < -0.39 is 0 Å². The minimum atomic E-state index is 0.0756. The van der Waals surface area contributed by atoms with Gasteiger partial charge >= 0.3 is 0 Å². The number of pyridine rings is 1. The van der Waals surface area contributed by atoms with Gasteiger partial charge in [-0.3, -0.25) is 4.79 Å². The van der Waals surface area contributed by atoms with Gasteiger partial charge in [0.2, 0.25) is 0 Å². The molecule has 2 aromatic heterocycles. The van der Waals surface area contributed by atoms with E-state index in [-0.39, 0.29) is 5.56 Å². The van der Waals surface area contributed by atoms with Crippen LogP contribution < -0.4 is 5.56 Å². The normalized spacial score (nSPS) is 18.9. The molecule has 0 aromatic carbocycles. The maximum Gasteiger partial charge on any atom is 0.252 e. The van der Waals surface area contributed by atoms with Gasteiger partial charge in [-0.1, -0.05) is 0 Å². The van der Waals surface area contributed by atoms with Gasteiger partial charge in [0, 0.05) is 11.8 Å². The summed E-state index contributed by atoms with van der Waals surface area (Å²) in [7, 11) is 2.13. The molecule has 4 nitrogen and oxygen atoms in total. The van der Waals surface area contributed by atoms with Gasteiger partial charge in [-0.25, -0.2) is 0 Å². The van der Waals surface area contributed by atoms with Crippen LogP contribution in [0.1, 0.15) is 24.3 Å². The van der Waals surface area contributed by atoms with Crippen LogP contribution in [-0.2, 0) is 0 Å². The van der Waals surface area contributed by atoms with Crippen LogP contribution >= 0.6 is 0 Å². The van der Waals surface area contributed by atoms with Crippen molar-refractivity contribution in [3.63, 3.8) is 0 Å². The number of nitrogens with one attached hydrogen (secondary N) is 2. The van der Waals surface area contributed by atoms with Crippen molar-refractivity contribution in [2.45, 2.75) is 18.8 Å². The zero-order chi connectivity index (χ0) is 11.8. The molecule has 3 rings (SSSR count). The Balaban J connectivity index is 1.99. The van der Waals surface area contributed by atoms with E-state index in [1.54, 1.807) is 0 Å². The summed E-state index contributed by atoms with van der Waals surface area (Å²) in [5.74, 6) is 0.405. The van der Waals surface area contributed by atoms with E-state index >= 15 is 0 Å². The van der Waals surface area contributed by atoms with Gasteiger partial charge in [0.1, 0.15) is 0 Å². The van der Waals surface area contributed by atoms with Crippen LogP contribution in [0, 0.1) is 0 Å². The second-order valence-electron chi connectivity index (χ2n) is 4.94. The Labute approximate surface area is 99.6 Å². The molecule has 0 spiro atoms. The first-order valence-corrected chi connectivity index (χ1v) is 6.13. The number of hydrogen-bond donors (Lipinski definition) is 2. The van der Waals surface area contributed by atoms with Crippen molar-refractivity contribution in [1.29, 1.82) is 0 Å². The highest BCUT2D eigenvalue weighted by atomic mass is 16.1. The summed E-state index contributed by atoms with van der Waals surface area (Å²) in [4.78, 5) is 20.4. The maximum atomic E-state index is 12.0. The number of fused-ring (bicyclic) bond motifs is 1. The summed E-state index contributed by atoms with van der Waals surface area (Å²) in [6.45, 7) is 2.15. The third-order valence-electron chi connectivity index (χ3n) is 3.75. The standard InChI is InChI=1S/C13H17N3O/c1-16-6-3-9(4-7-16)10-8-12-11(2-5-14-12)15-13(10)17/h2,5,8-9,14H,3-4,6-7H2,1H3,(H,15,17). The highest BCUT2D eigenvalue weighted by molar-refractivity contribution is 5.75. The molecule has 0 radical (unpaired) electrons. The molecule has 1 fully saturated rings. The Morgan fingerprint density at radius 2 is 2.06 bits per heavy atom. The number of nitrogens with zero attached hydrogens (tertiary/aromatic N) is 1. The Morgan fingerprint density at radius 1 is 1.29 bits per heavy atom. The van der Waals surface area contributed by atoms with Crippen LogP contribution in [0.4, 0.5) is 0 Å². The lowest BCUT2D eigenvalue weighted by Crippen LogP contribution is -2.31. The number of rotatable bonds is 1. The Kier molecular flexibility index (Phi) is 2.52. The van der Waals surface area contributed by atoms with Crippen molar-refractivity contribution in [1.82, 2.24) is 14.9 Å². The molecule has 0 bridgehead atoms. The van der Waals surface area contributed by atoms with Crippen molar-refractivity contribution in [2.24, 2.45) is 0 Å². The summed E-state index contributed by atoms with van der Waals surface area (Å²) in [5.41, 5.74) is 2.94. The molecule has 0 unspecified atom stereocenters. The second-order valence-corrected chi connectivity index (χ2v) is 4.94. The minimum absolute atomic E-state index is 0.0756. The van der Waals surface area contributed by atoms with E-state index in [0.717, 1.165) is 42.5 Å². The summed E-state index contributed by atoms with van der Waals surface area (Å²) in [6.07, 6.45) is 4.01. The van der Waals surface area contributed by atoms with Crippen molar-refractivity contribution >= 4 is 11.0 Å². The molecule has 2 N–H and O–H groups in total. The minimum Gasteiger partial charge on any atom is -0.360 e. The van der Waals surface area contributed by atoms with E-state index in [1.165, 1.54) is 0 Å². The summed E-state index contributed by atoms with van der Waals surface area (Å²) in [5, 5.41) is 0. The highest BCUT2D eigenvalue weighted by Crippen LogP contribution is 2.26. The lowest BCUT2D eigenvalue weighted by molar-refractivity contribution is 0.255.